The number of ketones is 1. The SMILES string of the molecule is CC(=O)C(Cl)c1c(O)cccc1OC(F)F. The molecule has 1 unspecified atom stereocenters. The van der Waals surface area contributed by atoms with Gasteiger partial charge in [-0.05, 0) is 19.1 Å². The van der Waals surface area contributed by atoms with Gasteiger partial charge in [-0.1, -0.05) is 6.07 Å². The Morgan fingerprint density at radius 3 is 2.62 bits per heavy atom. The molecule has 6 heteroatoms. The van der Waals surface area contributed by atoms with Gasteiger partial charge in [0.2, 0.25) is 0 Å². The van der Waals surface area contributed by atoms with Crippen molar-refractivity contribution in [3.63, 3.8) is 0 Å². The number of carbonyl (C=O) groups excluding carboxylic acids is 1. The molecule has 0 aliphatic rings. The molecule has 0 saturated heterocycles. The molecule has 0 radical (unpaired) electrons. The lowest BCUT2D eigenvalue weighted by Gasteiger charge is -2.14. The molecule has 16 heavy (non-hydrogen) atoms. The van der Waals surface area contributed by atoms with Crippen LogP contribution in [0.5, 0.6) is 11.5 Å². The summed E-state index contributed by atoms with van der Waals surface area (Å²) in [5.74, 6) is -1.12. The summed E-state index contributed by atoms with van der Waals surface area (Å²) in [5.41, 5.74) is -0.142. The van der Waals surface area contributed by atoms with Crippen molar-refractivity contribution in [1.82, 2.24) is 0 Å². The first-order chi connectivity index (χ1) is 7.43. The minimum absolute atomic E-state index is 0.142. The molecule has 1 N–H and O–H groups in total. The molecule has 1 aromatic carbocycles. The maximum Gasteiger partial charge on any atom is 0.387 e. The third-order valence-corrected chi connectivity index (χ3v) is 2.40. The van der Waals surface area contributed by atoms with Crippen LogP contribution in [0.1, 0.15) is 17.9 Å². The van der Waals surface area contributed by atoms with Crippen LogP contribution >= 0.6 is 11.6 Å². The normalized spacial score (nSPS) is 12.6. The zero-order valence-electron chi connectivity index (χ0n) is 8.28. The van der Waals surface area contributed by atoms with Crippen LogP contribution in [-0.4, -0.2) is 17.5 Å². The van der Waals surface area contributed by atoms with Crippen LogP contribution in [0.4, 0.5) is 8.78 Å². The highest BCUT2D eigenvalue weighted by molar-refractivity contribution is 6.31. The Hall–Kier alpha value is -1.36. The summed E-state index contributed by atoms with van der Waals surface area (Å²) < 4.78 is 28.3. The molecule has 0 heterocycles. The van der Waals surface area contributed by atoms with E-state index in [0.29, 0.717) is 0 Å². The lowest BCUT2D eigenvalue weighted by molar-refractivity contribution is -0.117. The van der Waals surface area contributed by atoms with E-state index in [1.165, 1.54) is 25.1 Å². The van der Waals surface area contributed by atoms with Crippen molar-refractivity contribution < 1.29 is 23.4 Å². The van der Waals surface area contributed by atoms with Gasteiger partial charge < -0.3 is 9.84 Å². The van der Waals surface area contributed by atoms with Gasteiger partial charge in [0.25, 0.3) is 0 Å². The largest absolute Gasteiger partial charge is 0.507 e. The van der Waals surface area contributed by atoms with Crippen molar-refractivity contribution in [1.29, 1.82) is 0 Å². The molecule has 0 aromatic heterocycles. The standard InChI is InChI=1S/C10H9ClF2O3/c1-5(14)9(11)8-6(15)3-2-4-7(8)16-10(12)13/h2-4,9-10,15H,1H3. The Morgan fingerprint density at radius 1 is 1.50 bits per heavy atom. The number of ether oxygens (including phenoxy) is 1. The molecule has 0 aliphatic carbocycles. The first kappa shape index (κ1) is 12.7. The van der Waals surface area contributed by atoms with Crippen molar-refractivity contribution in [3.05, 3.63) is 23.8 Å². The molecule has 0 spiro atoms. The first-order valence-corrected chi connectivity index (χ1v) is 4.78. The van der Waals surface area contributed by atoms with Crippen molar-refractivity contribution in [2.24, 2.45) is 0 Å². The second-order valence-corrected chi connectivity index (χ2v) is 3.48. The number of carbonyl (C=O) groups is 1. The van der Waals surface area contributed by atoms with Crippen LogP contribution in [0.15, 0.2) is 18.2 Å². The average Bonchev–Trinajstić information content (AvgIpc) is 2.16. The maximum absolute atomic E-state index is 12.1. The van der Waals surface area contributed by atoms with Crippen LogP contribution in [0.25, 0.3) is 0 Å². The Bertz CT molecular complexity index is 396. The van der Waals surface area contributed by atoms with E-state index >= 15 is 0 Å². The number of aromatic hydroxyl groups is 1. The first-order valence-electron chi connectivity index (χ1n) is 4.34. The molecule has 1 aromatic rings. The second kappa shape index (κ2) is 5.12. The average molecular weight is 251 g/mol. The maximum atomic E-state index is 12.1. The van der Waals surface area contributed by atoms with E-state index in [9.17, 15) is 18.7 Å². The Kier molecular flexibility index (Phi) is 4.06. The summed E-state index contributed by atoms with van der Waals surface area (Å²) in [6, 6.07) is 3.77. The van der Waals surface area contributed by atoms with E-state index in [1.807, 2.05) is 0 Å². The highest BCUT2D eigenvalue weighted by Gasteiger charge is 2.23. The lowest BCUT2D eigenvalue weighted by atomic mass is 10.1. The molecule has 0 aliphatic heterocycles. The van der Waals surface area contributed by atoms with Crippen molar-refractivity contribution in [3.8, 4) is 11.5 Å². The topological polar surface area (TPSA) is 46.5 Å². The molecule has 0 fully saturated rings. The Balaban J connectivity index is 3.17. The molecule has 1 rings (SSSR count). The van der Waals surface area contributed by atoms with Crippen LogP contribution in [-0.2, 0) is 4.79 Å². The summed E-state index contributed by atoms with van der Waals surface area (Å²) >= 11 is 5.70. The van der Waals surface area contributed by atoms with Gasteiger partial charge >= 0.3 is 6.61 Å². The lowest BCUT2D eigenvalue weighted by Crippen LogP contribution is -2.08. The summed E-state index contributed by atoms with van der Waals surface area (Å²) in [7, 11) is 0. The van der Waals surface area contributed by atoms with Crippen LogP contribution in [0, 0.1) is 0 Å². The third-order valence-electron chi connectivity index (χ3n) is 1.87. The number of rotatable bonds is 4. The van der Waals surface area contributed by atoms with Gasteiger partial charge in [0.15, 0.2) is 5.78 Å². The van der Waals surface area contributed by atoms with Gasteiger partial charge in [0, 0.05) is 0 Å². The summed E-state index contributed by atoms with van der Waals surface area (Å²) in [6.45, 7) is -1.85. The second-order valence-electron chi connectivity index (χ2n) is 3.04. The number of halogens is 3. The number of hydrogen-bond donors (Lipinski definition) is 1. The van der Waals surface area contributed by atoms with E-state index < -0.39 is 17.8 Å². The molecule has 0 bridgehead atoms. The van der Waals surface area contributed by atoms with Gasteiger partial charge in [-0.3, -0.25) is 4.79 Å². The highest BCUT2D eigenvalue weighted by atomic mass is 35.5. The zero-order chi connectivity index (χ0) is 12.3. The highest BCUT2D eigenvalue weighted by Crippen LogP contribution is 2.37. The van der Waals surface area contributed by atoms with Crippen molar-refractivity contribution >= 4 is 17.4 Å². The fraction of sp³-hybridized carbons (Fsp3) is 0.300. The van der Waals surface area contributed by atoms with Gasteiger partial charge in [0.05, 0.1) is 5.56 Å². The smallest absolute Gasteiger partial charge is 0.387 e. The number of Topliss-reactive ketones (excluding diaryl/α,β-unsaturated/α-hetero) is 1. The zero-order valence-corrected chi connectivity index (χ0v) is 9.04. The summed E-state index contributed by atoms with van der Waals surface area (Å²) in [6.07, 6.45) is 0. The minimum atomic E-state index is -3.05. The Labute approximate surface area is 95.6 Å². The van der Waals surface area contributed by atoms with Gasteiger partial charge in [-0.25, -0.2) is 0 Å². The predicted octanol–water partition coefficient (Wildman–Crippen LogP) is 2.86. The predicted molar refractivity (Wildman–Crippen MR) is 54.0 cm³/mol. The van der Waals surface area contributed by atoms with E-state index in [4.69, 9.17) is 11.6 Å². The molecular formula is C10H9ClF2O3. The van der Waals surface area contributed by atoms with Crippen molar-refractivity contribution in [2.45, 2.75) is 18.9 Å². The van der Waals surface area contributed by atoms with Gasteiger partial charge in [0.1, 0.15) is 16.9 Å². The van der Waals surface area contributed by atoms with Gasteiger partial charge in [-0.2, -0.15) is 8.78 Å². The van der Waals surface area contributed by atoms with Crippen LogP contribution < -0.4 is 4.74 Å². The fourth-order valence-electron chi connectivity index (χ4n) is 1.19. The number of phenolic OH excluding ortho intramolecular Hbond substituents is 1. The fourth-order valence-corrected chi connectivity index (χ4v) is 1.41. The molecule has 3 nitrogen and oxygen atoms in total. The Morgan fingerprint density at radius 2 is 2.12 bits per heavy atom. The minimum Gasteiger partial charge on any atom is -0.507 e. The van der Waals surface area contributed by atoms with Crippen molar-refractivity contribution in [2.75, 3.05) is 0 Å². The van der Waals surface area contributed by atoms with E-state index in [-0.39, 0.29) is 17.1 Å². The third kappa shape index (κ3) is 2.82. The summed E-state index contributed by atoms with van der Waals surface area (Å²) in [4.78, 5) is 11.0. The monoisotopic (exact) mass is 250 g/mol. The number of phenols is 1. The van der Waals surface area contributed by atoms with E-state index in [1.54, 1.807) is 0 Å². The van der Waals surface area contributed by atoms with E-state index in [2.05, 4.69) is 4.74 Å². The number of benzene rings is 1. The molecule has 88 valence electrons. The van der Waals surface area contributed by atoms with Crippen LogP contribution in [0.2, 0.25) is 0 Å². The number of alkyl halides is 3. The summed E-state index contributed by atoms with van der Waals surface area (Å²) in [5, 5.41) is 8.25. The van der Waals surface area contributed by atoms with Crippen LogP contribution in [0.3, 0.4) is 0 Å². The molecule has 0 amide bonds. The molecular weight excluding hydrogens is 242 g/mol. The quantitative estimate of drug-likeness (QED) is 0.836. The molecule has 0 saturated carbocycles. The van der Waals surface area contributed by atoms with Gasteiger partial charge in [-0.15, -0.1) is 11.6 Å². The molecule has 1 atom stereocenters. The number of hydrogen-bond acceptors (Lipinski definition) is 3. The van der Waals surface area contributed by atoms with E-state index in [0.717, 1.165) is 0 Å².